The summed E-state index contributed by atoms with van der Waals surface area (Å²) in [6.45, 7) is 1.96. The molecule has 3 aromatic rings. The second-order valence-electron chi connectivity index (χ2n) is 4.82. The summed E-state index contributed by atoms with van der Waals surface area (Å²) in [6, 6.07) is 17.8. The fourth-order valence-electron chi connectivity index (χ4n) is 2.17. The van der Waals surface area contributed by atoms with Crippen molar-refractivity contribution in [1.29, 1.82) is 5.26 Å². The van der Waals surface area contributed by atoms with E-state index in [0.717, 1.165) is 22.3 Å². The summed E-state index contributed by atoms with van der Waals surface area (Å²) in [5, 5.41) is 9.17. The second kappa shape index (κ2) is 5.56. The topological polar surface area (TPSA) is 49.6 Å². The van der Waals surface area contributed by atoms with Crippen LogP contribution in [0.2, 0.25) is 0 Å². The molecule has 0 atom stereocenters. The van der Waals surface area contributed by atoms with Gasteiger partial charge in [-0.3, -0.25) is 0 Å². The van der Waals surface area contributed by atoms with Crippen LogP contribution in [0.25, 0.3) is 22.5 Å². The van der Waals surface area contributed by atoms with E-state index >= 15 is 0 Å². The zero-order valence-corrected chi connectivity index (χ0v) is 11.6. The predicted molar refractivity (Wildman–Crippen MR) is 82.4 cm³/mol. The molecular weight excluding hydrogens is 258 g/mol. The van der Waals surface area contributed by atoms with Crippen LogP contribution in [0.1, 0.15) is 11.1 Å². The lowest BCUT2D eigenvalue weighted by Gasteiger charge is -2.05. The maximum Gasteiger partial charge on any atom is 0.159 e. The molecule has 0 spiro atoms. The molecule has 0 aliphatic heterocycles. The number of benzene rings is 2. The highest BCUT2D eigenvalue weighted by molar-refractivity contribution is 5.72. The Kier molecular flexibility index (Phi) is 3.44. The molecule has 100 valence electrons. The zero-order valence-electron chi connectivity index (χ0n) is 11.6. The summed E-state index contributed by atoms with van der Waals surface area (Å²) in [5.74, 6) is 0.709. The lowest BCUT2D eigenvalue weighted by Crippen LogP contribution is -1.89. The maximum atomic E-state index is 9.17. The number of nitrogens with zero attached hydrogens (tertiary/aromatic N) is 3. The smallest absolute Gasteiger partial charge is 0.159 e. The fraction of sp³-hybridized carbons (Fsp3) is 0.0556. The van der Waals surface area contributed by atoms with Crippen LogP contribution in [0.3, 0.4) is 0 Å². The van der Waals surface area contributed by atoms with Crippen LogP contribution >= 0.6 is 0 Å². The SMILES string of the molecule is Cc1cnc(-c2ccc(-c3ccccc3C#N)cc2)nc1. The van der Waals surface area contributed by atoms with Gasteiger partial charge < -0.3 is 0 Å². The highest BCUT2D eigenvalue weighted by Gasteiger charge is 2.05. The minimum atomic E-state index is 0.678. The third-order valence-corrected chi connectivity index (χ3v) is 3.28. The van der Waals surface area contributed by atoms with E-state index < -0.39 is 0 Å². The average Bonchev–Trinajstić information content (AvgIpc) is 2.56. The van der Waals surface area contributed by atoms with Gasteiger partial charge in [-0.25, -0.2) is 9.97 Å². The summed E-state index contributed by atoms with van der Waals surface area (Å²) in [7, 11) is 0. The molecule has 0 aliphatic carbocycles. The average molecular weight is 271 g/mol. The minimum Gasteiger partial charge on any atom is -0.236 e. The van der Waals surface area contributed by atoms with Gasteiger partial charge in [0.25, 0.3) is 0 Å². The first-order valence-electron chi connectivity index (χ1n) is 6.66. The van der Waals surface area contributed by atoms with Crippen LogP contribution in [0.15, 0.2) is 60.9 Å². The highest BCUT2D eigenvalue weighted by atomic mass is 14.9. The first-order valence-corrected chi connectivity index (χ1v) is 6.66. The Hall–Kier alpha value is -2.99. The summed E-state index contributed by atoms with van der Waals surface area (Å²) < 4.78 is 0. The molecule has 0 aliphatic rings. The molecule has 0 amide bonds. The van der Waals surface area contributed by atoms with E-state index in [1.807, 2.05) is 55.5 Å². The largest absolute Gasteiger partial charge is 0.236 e. The lowest BCUT2D eigenvalue weighted by atomic mass is 9.99. The Morgan fingerprint density at radius 2 is 1.48 bits per heavy atom. The number of aryl methyl sites for hydroxylation is 1. The number of hydrogen-bond acceptors (Lipinski definition) is 3. The van der Waals surface area contributed by atoms with Crippen molar-refractivity contribution in [3.8, 4) is 28.6 Å². The fourth-order valence-corrected chi connectivity index (χ4v) is 2.17. The number of nitriles is 1. The first-order chi connectivity index (χ1) is 10.3. The quantitative estimate of drug-likeness (QED) is 0.708. The third kappa shape index (κ3) is 2.65. The van der Waals surface area contributed by atoms with Gasteiger partial charge in [0.1, 0.15) is 0 Å². The van der Waals surface area contributed by atoms with E-state index in [1.54, 1.807) is 12.4 Å². The van der Waals surface area contributed by atoms with Crippen molar-refractivity contribution >= 4 is 0 Å². The Balaban J connectivity index is 1.98. The Morgan fingerprint density at radius 3 is 2.14 bits per heavy atom. The number of rotatable bonds is 2. The van der Waals surface area contributed by atoms with Crippen LogP contribution in [0, 0.1) is 18.3 Å². The van der Waals surface area contributed by atoms with Gasteiger partial charge in [0.15, 0.2) is 5.82 Å². The van der Waals surface area contributed by atoms with E-state index in [-0.39, 0.29) is 0 Å². The highest BCUT2D eigenvalue weighted by Crippen LogP contribution is 2.25. The molecule has 3 rings (SSSR count). The summed E-state index contributed by atoms with van der Waals surface area (Å²) in [6.07, 6.45) is 3.61. The van der Waals surface area contributed by atoms with Crippen LogP contribution in [0.5, 0.6) is 0 Å². The molecule has 0 radical (unpaired) electrons. The molecule has 1 aromatic heterocycles. The number of hydrogen-bond donors (Lipinski definition) is 0. The van der Waals surface area contributed by atoms with Crippen molar-refractivity contribution in [1.82, 2.24) is 9.97 Å². The molecule has 0 saturated carbocycles. The van der Waals surface area contributed by atoms with Crippen LogP contribution < -0.4 is 0 Å². The van der Waals surface area contributed by atoms with Crippen molar-refractivity contribution in [3.05, 3.63) is 72.1 Å². The summed E-state index contributed by atoms with van der Waals surface area (Å²) in [5.41, 5.74) is 4.64. The van der Waals surface area contributed by atoms with Crippen molar-refractivity contribution < 1.29 is 0 Å². The van der Waals surface area contributed by atoms with E-state index in [9.17, 15) is 0 Å². The molecular formula is C18H13N3. The van der Waals surface area contributed by atoms with Crippen LogP contribution in [0.4, 0.5) is 0 Å². The van der Waals surface area contributed by atoms with Crippen molar-refractivity contribution in [2.24, 2.45) is 0 Å². The molecule has 1 heterocycles. The van der Waals surface area contributed by atoms with Crippen LogP contribution in [-0.2, 0) is 0 Å². The van der Waals surface area contributed by atoms with E-state index in [2.05, 4.69) is 16.0 Å². The first kappa shape index (κ1) is 13.0. The van der Waals surface area contributed by atoms with Crippen molar-refractivity contribution in [2.75, 3.05) is 0 Å². The molecule has 0 N–H and O–H groups in total. The standard InChI is InChI=1S/C18H13N3/c1-13-11-20-18(21-12-13)15-8-6-14(7-9-15)17-5-3-2-4-16(17)10-19/h2-9,11-12H,1H3. The predicted octanol–water partition coefficient (Wildman–Crippen LogP) is 3.99. The van der Waals surface area contributed by atoms with Crippen molar-refractivity contribution in [3.63, 3.8) is 0 Å². The molecule has 3 heteroatoms. The molecule has 3 nitrogen and oxygen atoms in total. The number of aromatic nitrogens is 2. The van der Waals surface area contributed by atoms with E-state index in [0.29, 0.717) is 11.4 Å². The Bertz CT molecular complexity index is 797. The molecule has 2 aromatic carbocycles. The Morgan fingerprint density at radius 1 is 0.857 bits per heavy atom. The van der Waals surface area contributed by atoms with Gasteiger partial charge in [0, 0.05) is 18.0 Å². The monoisotopic (exact) mass is 271 g/mol. The van der Waals surface area contributed by atoms with Gasteiger partial charge in [0.2, 0.25) is 0 Å². The third-order valence-electron chi connectivity index (χ3n) is 3.28. The Labute approximate surface area is 123 Å². The van der Waals surface area contributed by atoms with Gasteiger partial charge in [0.05, 0.1) is 11.6 Å². The van der Waals surface area contributed by atoms with Gasteiger partial charge in [-0.15, -0.1) is 0 Å². The van der Waals surface area contributed by atoms with Gasteiger partial charge >= 0.3 is 0 Å². The molecule has 0 bridgehead atoms. The van der Waals surface area contributed by atoms with Gasteiger partial charge in [-0.05, 0) is 29.7 Å². The summed E-state index contributed by atoms with van der Waals surface area (Å²) >= 11 is 0. The summed E-state index contributed by atoms with van der Waals surface area (Å²) in [4.78, 5) is 8.64. The van der Waals surface area contributed by atoms with Gasteiger partial charge in [-0.2, -0.15) is 5.26 Å². The normalized spacial score (nSPS) is 10.1. The lowest BCUT2D eigenvalue weighted by molar-refractivity contribution is 1.14. The second-order valence-corrected chi connectivity index (χ2v) is 4.82. The molecule has 0 fully saturated rings. The maximum absolute atomic E-state index is 9.17. The van der Waals surface area contributed by atoms with Crippen molar-refractivity contribution in [2.45, 2.75) is 6.92 Å². The zero-order chi connectivity index (χ0) is 14.7. The minimum absolute atomic E-state index is 0.678. The van der Waals surface area contributed by atoms with E-state index in [1.165, 1.54) is 0 Å². The van der Waals surface area contributed by atoms with Crippen LogP contribution in [-0.4, -0.2) is 9.97 Å². The molecule has 21 heavy (non-hydrogen) atoms. The molecule has 0 saturated heterocycles. The van der Waals surface area contributed by atoms with E-state index in [4.69, 9.17) is 5.26 Å². The van der Waals surface area contributed by atoms with Gasteiger partial charge in [-0.1, -0.05) is 42.5 Å². The molecule has 0 unspecified atom stereocenters.